The van der Waals surface area contributed by atoms with Gasteiger partial charge in [0, 0.05) is 25.6 Å². The lowest BCUT2D eigenvalue weighted by Crippen LogP contribution is -2.43. The molecule has 0 spiro atoms. The highest BCUT2D eigenvalue weighted by molar-refractivity contribution is 6.33. The van der Waals surface area contributed by atoms with Crippen LogP contribution in [0.1, 0.15) is 19.3 Å². The number of amides is 1. The molecule has 19 heavy (non-hydrogen) atoms. The second-order valence-electron chi connectivity index (χ2n) is 4.98. The van der Waals surface area contributed by atoms with E-state index in [1.807, 2.05) is 12.1 Å². The molecular formula is C14H20ClN3O. The van der Waals surface area contributed by atoms with Crippen molar-refractivity contribution in [2.75, 3.05) is 25.0 Å². The second kappa shape index (κ2) is 6.89. The third kappa shape index (κ3) is 4.49. The van der Waals surface area contributed by atoms with Crippen LogP contribution < -0.4 is 11.1 Å². The van der Waals surface area contributed by atoms with Crippen molar-refractivity contribution >= 4 is 23.2 Å². The maximum Gasteiger partial charge on any atom is 0.225 e. The van der Waals surface area contributed by atoms with Crippen LogP contribution in [0.4, 0.5) is 5.69 Å². The summed E-state index contributed by atoms with van der Waals surface area (Å²) < 4.78 is 0. The number of hydrogen-bond acceptors (Lipinski definition) is 3. The molecule has 104 valence electrons. The molecule has 1 aliphatic heterocycles. The number of para-hydroxylation sites is 1. The predicted octanol–water partition coefficient (Wildman–Crippen LogP) is 2.09. The van der Waals surface area contributed by atoms with E-state index < -0.39 is 0 Å². The Labute approximate surface area is 118 Å². The molecule has 1 heterocycles. The van der Waals surface area contributed by atoms with E-state index in [1.165, 1.54) is 0 Å². The Morgan fingerprint density at radius 2 is 2.26 bits per heavy atom. The van der Waals surface area contributed by atoms with E-state index >= 15 is 0 Å². The number of nitrogens with one attached hydrogen (secondary N) is 1. The number of likely N-dealkylation sites (tertiary alicyclic amines) is 1. The molecule has 1 aromatic carbocycles. The lowest BCUT2D eigenvalue weighted by molar-refractivity contribution is -0.116. The Morgan fingerprint density at radius 1 is 1.47 bits per heavy atom. The van der Waals surface area contributed by atoms with Gasteiger partial charge in [0.1, 0.15) is 0 Å². The number of nitrogens with zero attached hydrogens (tertiary/aromatic N) is 1. The molecule has 0 aliphatic carbocycles. The Bertz CT molecular complexity index is 438. The molecule has 4 nitrogen and oxygen atoms in total. The number of rotatable bonds is 4. The minimum atomic E-state index is -0.00718. The first-order valence-electron chi connectivity index (χ1n) is 6.67. The summed E-state index contributed by atoms with van der Waals surface area (Å²) >= 11 is 5.99. The minimum absolute atomic E-state index is 0.00718. The average molecular weight is 282 g/mol. The van der Waals surface area contributed by atoms with Crippen molar-refractivity contribution in [3.8, 4) is 0 Å². The van der Waals surface area contributed by atoms with Crippen LogP contribution in [0.15, 0.2) is 24.3 Å². The molecular weight excluding hydrogens is 262 g/mol. The molecule has 1 aromatic rings. The first-order valence-corrected chi connectivity index (χ1v) is 7.05. The van der Waals surface area contributed by atoms with Crippen molar-refractivity contribution in [1.82, 2.24) is 4.90 Å². The van der Waals surface area contributed by atoms with Crippen LogP contribution in [0, 0.1) is 0 Å². The van der Waals surface area contributed by atoms with Gasteiger partial charge >= 0.3 is 0 Å². The third-order valence-electron chi connectivity index (χ3n) is 3.35. The standard InChI is InChI=1S/C14H20ClN3O/c15-12-5-1-2-6-13(12)17-14(19)7-9-18-8-3-4-11(16)10-18/h1-2,5-6,11H,3-4,7-10,16H2,(H,17,19)/t11-/m1/s1. The number of hydrogen-bond donors (Lipinski definition) is 2. The smallest absolute Gasteiger partial charge is 0.225 e. The zero-order valence-corrected chi connectivity index (χ0v) is 11.7. The summed E-state index contributed by atoms with van der Waals surface area (Å²) in [5.74, 6) is -0.00718. The van der Waals surface area contributed by atoms with E-state index in [9.17, 15) is 4.79 Å². The van der Waals surface area contributed by atoms with Gasteiger partial charge in [-0.2, -0.15) is 0 Å². The Balaban J connectivity index is 1.77. The van der Waals surface area contributed by atoms with Gasteiger partial charge in [-0.15, -0.1) is 0 Å². The first-order chi connectivity index (χ1) is 9.15. The summed E-state index contributed by atoms with van der Waals surface area (Å²) in [7, 11) is 0. The van der Waals surface area contributed by atoms with Gasteiger partial charge in [0.2, 0.25) is 5.91 Å². The van der Waals surface area contributed by atoms with E-state index in [2.05, 4.69) is 10.2 Å². The normalized spacial score (nSPS) is 20.2. The minimum Gasteiger partial charge on any atom is -0.327 e. The number of carbonyl (C=O) groups is 1. The van der Waals surface area contributed by atoms with E-state index in [0.29, 0.717) is 17.1 Å². The third-order valence-corrected chi connectivity index (χ3v) is 3.67. The van der Waals surface area contributed by atoms with Gasteiger partial charge in [-0.1, -0.05) is 23.7 Å². The molecule has 0 unspecified atom stereocenters. The zero-order chi connectivity index (χ0) is 13.7. The summed E-state index contributed by atoms with van der Waals surface area (Å²) in [6.07, 6.45) is 2.67. The molecule has 1 atom stereocenters. The SMILES string of the molecule is N[C@@H]1CCCN(CCC(=O)Nc2ccccc2Cl)C1. The van der Waals surface area contributed by atoms with E-state index in [4.69, 9.17) is 17.3 Å². The number of benzene rings is 1. The van der Waals surface area contributed by atoms with Crippen LogP contribution in [0.3, 0.4) is 0 Å². The van der Waals surface area contributed by atoms with Crippen LogP contribution in [-0.2, 0) is 4.79 Å². The van der Waals surface area contributed by atoms with Crippen molar-refractivity contribution in [2.24, 2.45) is 5.73 Å². The highest BCUT2D eigenvalue weighted by Gasteiger charge is 2.17. The highest BCUT2D eigenvalue weighted by Crippen LogP contribution is 2.20. The Kier molecular flexibility index (Phi) is 5.19. The second-order valence-corrected chi connectivity index (χ2v) is 5.39. The molecule has 0 saturated carbocycles. The van der Waals surface area contributed by atoms with Gasteiger partial charge in [0.15, 0.2) is 0 Å². The van der Waals surface area contributed by atoms with E-state index in [-0.39, 0.29) is 11.9 Å². The number of anilines is 1. The molecule has 1 fully saturated rings. The molecule has 2 rings (SSSR count). The summed E-state index contributed by atoms with van der Waals surface area (Å²) in [5.41, 5.74) is 6.59. The van der Waals surface area contributed by atoms with Crippen molar-refractivity contribution in [3.63, 3.8) is 0 Å². The molecule has 0 radical (unpaired) electrons. The number of carbonyl (C=O) groups excluding carboxylic acids is 1. The van der Waals surface area contributed by atoms with Crippen molar-refractivity contribution in [2.45, 2.75) is 25.3 Å². The Morgan fingerprint density at radius 3 is 3.00 bits per heavy atom. The van der Waals surface area contributed by atoms with E-state index in [0.717, 1.165) is 32.5 Å². The van der Waals surface area contributed by atoms with Gasteiger partial charge in [0.25, 0.3) is 0 Å². The predicted molar refractivity (Wildman–Crippen MR) is 78.3 cm³/mol. The number of nitrogens with two attached hydrogens (primary N) is 1. The summed E-state index contributed by atoms with van der Waals surface area (Å²) in [6.45, 7) is 2.68. The summed E-state index contributed by atoms with van der Waals surface area (Å²) in [4.78, 5) is 14.1. The summed E-state index contributed by atoms with van der Waals surface area (Å²) in [6, 6.07) is 7.51. The van der Waals surface area contributed by atoms with Crippen LogP contribution in [-0.4, -0.2) is 36.5 Å². The molecule has 0 bridgehead atoms. The zero-order valence-electron chi connectivity index (χ0n) is 10.9. The van der Waals surface area contributed by atoms with E-state index in [1.54, 1.807) is 12.1 Å². The maximum atomic E-state index is 11.9. The molecule has 1 amide bonds. The maximum absolute atomic E-state index is 11.9. The lowest BCUT2D eigenvalue weighted by Gasteiger charge is -2.30. The fraction of sp³-hybridized carbons (Fsp3) is 0.500. The molecule has 3 N–H and O–H groups in total. The average Bonchev–Trinajstić information content (AvgIpc) is 2.39. The monoisotopic (exact) mass is 281 g/mol. The van der Waals surface area contributed by atoms with Crippen LogP contribution in [0.5, 0.6) is 0 Å². The summed E-state index contributed by atoms with van der Waals surface area (Å²) in [5, 5.41) is 3.40. The fourth-order valence-electron chi connectivity index (χ4n) is 2.33. The van der Waals surface area contributed by atoms with Crippen LogP contribution >= 0.6 is 11.6 Å². The lowest BCUT2D eigenvalue weighted by atomic mass is 10.1. The molecule has 0 aromatic heterocycles. The fourth-order valence-corrected chi connectivity index (χ4v) is 2.51. The van der Waals surface area contributed by atoms with Gasteiger partial charge in [-0.25, -0.2) is 0 Å². The molecule has 5 heteroatoms. The van der Waals surface area contributed by atoms with Gasteiger partial charge in [-0.05, 0) is 31.5 Å². The van der Waals surface area contributed by atoms with Gasteiger partial charge in [0.05, 0.1) is 10.7 Å². The van der Waals surface area contributed by atoms with Gasteiger partial charge < -0.3 is 16.0 Å². The number of halogens is 1. The molecule has 1 aliphatic rings. The van der Waals surface area contributed by atoms with Gasteiger partial charge in [-0.3, -0.25) is 4.79 Å². The quantitative estimate of drug-likeness (QED) is 0.888. The van der Waals surface area contributed by atoms with Crippen LogP contribution in [0.2, 0.25) is 5.02 Å². The van der Waals surface area contributed by atoms with Crippen molar-refractivity contribution < 1.29 is 4.79 Å². The first kappa shape index (κ1) is 14.3. The number of piperidine rings is 1. The Hall–Kier alpha value is -1.10. The largest absolute Gasteiger partial charge is 0.327 e. The molecule has 1 saturated heterocycles. The highest BCUT2D eigenvalue weighted by atomic mass is 35.5. The topological polar surface area (TPSA) is 58.4 Å². The van der Waals surface area contributed by atoms with Crippen molar-refractivity contribution in [3.05, 3.63) is 29.3 Å². The van der Waals surface area contributed by atoms with Crippen LogP contribution in [0.25, 0.3) is 0 Å². The van der Waals surface area contributed by atoms with Crippen molar-refractivity contribution in [1.29, 1.82) is 0 Å².